The van der Waals surface area contributed by atoms with E-state index < -0.39 is 5.41 Å². The number of methoxy groups -OCH3 is 2. The first-order chi connectivity index (χ1) is 8.42. The summed E-state index contributed by atoms with van der Waals surface area (Å²) in [5.41, 5.74) is 5.57. The number of carbonyl (C=O) groups excluding carboxylic acids is 1. The van der Waals surface area contributed by atoms with Crippen LogP contribution in [0.4, 0.5) is 5.69 Å². The Morgan fingerprint density at radius 2 is 1.72 bits per heavy atom. The van der Waals surface area contributed by atoms with Crippen molar-refractivity contribution in [2.45, 2.75) is 13.8 Å². The molecule has 0 heterocycles. The maximum atomic E-state index is 12.0. The number of amides is 1. The van der Waals surface area contributed by atoms with Gasteiger partial charge in [-0.15, -0.1) is 0 Å². The molecule has 0 fully saturated rings. The SMILES string of the molecule is COc1cc(NC(=O)C(C)(C)CN)cc(OC)c1. The van der Waals surface area contributed by atoms with Crippen molar-refractivity contribution in [1.82, 2.24) is 0 Å². The van der Waals surface area contributed by atoms with Gasteiger partial charge in [-0.25, -0.2) is 0 Å². The van der Waals surface area contributed by atoms with Crippen LogP contribution < -0.4 is 20.5 Å². The molecular formula is C13H20N2O3. The third-order valence-electron chi connectivity index (χ3n) is 2.73. The first-order valence-corrected chi connectivity index (χ1v) is 5.67. The Hall–Kier alpha value is -1.75. The fourth-order valence-corrected chi connectivity index (χ4v) is 1.27. The fraction of sp³-hybridized carbons (Fsp3) is 0.462. The van der Waals surface area contributed by atoms with Gasteiger partial charge in [0.25, 0.3) is 0 Å². The molecule has 3 N–H and O–H groups in total. The molecular weight excluding hydrogens is 232 g/mol. The second kappa shape index (κ2) is 5.73. The number of hydrogen-bond acceptors (Lipinski definition) is 4. The third kappa shape index (κ3) is 3.37. The molecule has 0 aliphatic heterocycles. The summed E-state index contributed by atoms with van der Waals surface area (Å²) in [5, 5.41) is 2.80. The highest BCUT2D eigenvalue weighted by molar-refractivity contribution is 5.95. The summed E-state index contributed by atoms with van der Waals surface area (Å²) in [4.78, 5) is 12.0. The van der Waals surface area contributed by atoms with E-state index in [0.29, 0.717) is 17.2 Å². The number of ether oxygens (including phenoxy) is 2. The van der Waals surface area contributed by atoms with Crippen molar-refractivity contribution >= 4 is 11.6 Å². The lowest BCUT2D eigenvalue weighted by Crippen LogP contribution is -2.37. The lowest BCUT2D eigenvalue weighted by Gasteiger charge is -2.21. The van der Waals surface area contributed by atoms with Gasteiger partial charge < -0.3 is 20.5 Å². The molecule has 18 heavy (non-hydrogen) atoms. The largest absolute Gasteiger partial charge is 0.497 e. The van der Waals surface area contributed by atoms with Gasteiger partial charge in [-0.3, -0.25) is 4.79 Å². The Labute approximate surface area is 107 Å². The molecule has 1 aromatic rings. The quantitative estimate of drug-likeness (QED) is 0.835. The van der Waals surface area contributed by atoms with Gasteiger partial charge in [-0.05, 0) is 13.8 Å². The van der Waals surface area contributed by atoms with Crippen molar-refractivity contribution < 1.29 is 14.3 Å². The maximum Gasteiger partial charge on any atom is 0.231 e. The third-order valence-corrected chi connectivity index (χ3v) is 2.73. The van der Waals surface area contributed by atoms with E-state index in [4.69, 9.17) is 15.2 Å². The van der Waals surface area contributed by atoms with Crippen LogP contribution in [-0.2, 0) is 4.79 Å². The molecule has 100 valence electrons. The highest BCUT2D eigenvalue weighted by Gasteiger charge is 2.25. The van der Waals surface area contributed by atoms with Crippen molar-refractivity contribution in [3.63, 3.8) is 0 Å². The fourth-order valence-electron chi connectivity index (χ4n) is 1.27. The van der Waals surface area contributed by atoms with E-state index >= 15 is 0 Å². The summed E-state index contributed by atoms with van der Waals surface area (Å²) in [5.74, 6) is 1.10. The zero-order valence-corrected chi connectivity index (χ0v) is 11.2. The number of carbonyl (C=O) groups is 1. The summed E-state index contributed by atoms with van der Waals surface area (Å²) < 4.78 is 10.3. The van der Waals surface area contributed by atoms with Crippen LogP contribution in [0, 0.1) is 5.41 Å². The molecule has 1 amide bonds. The van der Waals surface area contributed by atoms with Crippen molar-refractivity contribution in [1.29, 1.82) is 0 Å². The van der Waals surface area contributed by atoms with E-state index in [-0.39, 0.29) is 12.5 Å². The molecule has 0 unspecified atom stereocenters. The average Bonchev–Trinajstić information content (AvgIpc) is 2.37. The van der Waals surface area contributed by atoms with Crippen molar-refractivity contribution in [3.05, 3.63) is 18.2 Å². The number of benzene rings is 1. The molecule has 0 radical (unpaired) electrons. The first-order valence-electron chi connectivity index (χ1n) is 5.67. The molecule has 0 spiro atoms. The summed E-state index contributed by atoms with van der Waals surface area (Å²) in [7, 11) is 3.12. The molecule has 0 saturated heterocycles. The van der Waals surface area contributed by atoms with E-state index in [1.54, 1.807) is 46.3 Å². The highest BCUT2D eigenvalue weighted by Crippen LogP contribution is 2.27. The van der Waals surface area contributed by atoms with Gasteiger partial charge in [0.2, 0.25) is 5.91 Å². The van der Waals surface area contributed by atoms with Gasteiger partial charge in [0.15, 0.2) is 0 Å². The highest BCUT2D eigenvalue weighted by atomic mass is 16.5. The molecule has 5 nitrogen and oxygen atoms in total. The molecule has 5 heteroatoms. The molecule has 0 aliphatic rings. The maximum absolute atomic E-state index is 12.0. The minimum absolute atomic E-state index is 0.139. The normalized spacial score (nSPS) is 10.9. The monoisotopic (exact) mass is 252 g/mol. The molecule has 0 aromatic heterocycles. The standard InChI is InChI=1S/C13H20N2O3/c1-13(2,8-14)12(16)15-9-5-10(17-3)7-11(6-9)18-4/h5-7H,8,14H2,1-4H3,(H,15,16). The molecule has 0 aliphatic carbocycles. The van der Waals surface area contributed by atoms with E-state index in [1.807, 2.05) is 0 Å². The lowest BCUT2D eigenvalue weighted by molar-refractivity contribution is -0.123. The van der Waals surface area contributed by atoms with Crippen LogP contribution in [0.1, 0.15) is 13.8 Å². The summed E-state index contributed by atoms with van der Waals surface area (Å²) >= 11 is 0. The second-order valence-corrected chi connectivity index (χ2v) is 4.64. The van der Waals surface area contributed by atoms with Crippen LogP contribution >= 0.6 is 0 Å². The van der Waals surface area contributed by atoms with E-state index in [9.17, 15) is 4.79 Å². The Kier molecular flexibility index (Phi) is 4.55. The van der Waals surface area contributed by atoms with Gasteiger partial charge in [0, 0.05) is 30.4 Å². The average molecular weight is 252 g/mol. The number of hydrogen-bond donors (Lipinski definition) is 2. The summed E-state index contributed by atoms with van der Waals surface area (Å²) in [6.45, 7) is 3.86. The van der Waals surface area contributed by atoms with Crippen LogP contribution in [-0.4, -0.2) is 26.7 Å². The predicted octanol–water partition coefficient (Wildman–Crippen LogP) is 1.63. The molecule has 1 aromatic carbocycles. The van der Waals surface area contributed by atoms with Crippen LogP contribution in [0.3, 0.4) is 0 Å². The van der Waals surface area contributed by atoms with Crippen molar-refractivity contribution in [2.75, 3.05) is 26.1 Å². The minimum Gasteiger partial charge on any atom is -0.497 e. The Morgan fingerprint density at radius 3 is 2.11 bits per heavy atom. The van der Waals surface area contributed by atoms with Gasteiger partial charge in [0.05, 0.1) is 19.6 Å². The van der Waals surface area contributed by atoms with Gasteiger partial charge in [-0.1, -0.05) is 0 Å². The second-order valence-electron chi connectivity index (χ2n) is 4.64. The Morgan fingerprint density at radius 1 is 1.22 bits per heavy atom. The summed E-state index contributed by atoms with van der Waals surface area (Å²) in [6, 6.07) is 5.20. The van der Waals surface area contributed by atoms with E-state index in [2.05, 4.69) is 5.32 Å². The van der Waals surface area contributed by atoms with Crippen LogP contribution in [0.25, 0.3) is 0 Å². The molecule has 0 bridgehead atoms. The molecule has 0 saturated carbocycles. The zero-order valence-electron chi connectivity index (χ0n) is 11.2. The van der Waals surface area contributed by atoms with Crippen LogP contribution in [0.5, 0.6) is 11.5 Å². The molecule has 1 rings (SSSR count). The number of rotatable bonds is 5. The van der Waals surface area contributed by atoms with Gasteiger partial charge in [0.1, 0.15) is 11.5 Å². The van der Waals surface area contributed by atoms with E-state index in [1.165, 1.54) is 0 Å². The molecule has 0 atom stereocenters. The topological polar surface area (TPSA) is 73.6 Å². The van der Waals surface area contributed by atoms with Crippen LogP contribution in [0.2, 0.25) is 0 Å². The number of nitrogens with one attached hydrogen (secondary N) is 1. The smallest absolute Gasteiger partial charge is 0.231 e. The van der Waals surface area contributed by atoms with Gasteiger partial charge in [-0.2, -0.15) is 0 Å². The first kappa shape index (κ1) is 14.3. The summed E-state index contributed by atoms with van der Waals surface area (Å²) in [6.07, 6.45) is 0. The predicted molar refractivity (Wildman–Crippen MR) is 71.0 cm³/mol. The van der Waals surface area contributed by atoms with Gasteiger partial charge >= 0.3 is 0 Å². The van der Waals surface area contributed by atoms with Crippen molar-refractivity contribution in [2.24, 2.45) is 11.1 Å². The van der Waals surface area contributed by atoms with E-state index in [0.717, 1.165) is 0 Å². The number of nitrogens with two attached hydrogens (primary N) is 1. The zero-order chi connectivity index (χ0) is 13.8. The lowest BCUT2D eigenvalue weighted by atomic mass is 9.92. The Bertz CT molecular complexity index is 408. The number of anilines is 1. The van der Waals surface area contributed by atoms with Crippen LogP contribution in [0.15, 0.2) is 18.2 Å². The Balaban J connectivity index is 2.93. The minimum atomic E-state index is -0.615. The van der Waals surface area contributed by atoms with Crippen molar-refractivity contribution in [3.8, 4) is 11.5 Å².